The molecular formula is C29H43N5O3. The van der Waals surface area contributed by atoms with Crippen molar-refractivity contribution in [1.29, 1.82) is 0 Å². The summed E-state index contributed by atoms with van der Waals surface area (Å²) in [5.41, 5.74) is 9.14. The van der Waals surface area contributed by atoms with Crippen LogP contribution in [0, 0.1) is 0 Å². The van der Waals surface area contributed by atoms with Crippen molar-refractivity contribution in [2.75, 3.05) is 46.5 Å². The Balaban J connectivity index is 1.34. The Kier molecular flexibility index (Phi) is 9.77. The Labute approximate surface area is 221 Å². The summed E-state index contributed by atoms with van der Waals surface area (Å²) in [6, 6.07) is 11.4. The zero-order valence-electron chi connectivity index (χ0n) is 22.4. The van der Waals surface area contributed by atoms with Crippen molar-refractivity contribution >= 4 is 12.2 Å². The topological polar surface area (TPSA) is 92.4 Å². The van der Waals surface area contributed by atoms with E-state index in [1.807, 2.05) is 11.8 Å². The SMILES string of the molecule is C=C(/C(C)=C(\N=C/N)C(=O)N1CCC(NC2CCOCC2OC)CC1)N1CCC(c2ccccc2)CC1. The van der Waals surface area contributed by atoms with Gasteiger partial charge in [-0.15, -0.1) is 0 Å². The normalized spacial score (nSPS) is 24.8. The van der Waals surface area contributed by atoms with Gasteiger partial charge in [0.15, 0.2) is 0 Å². The number of carbonyl (C=O) groups is 1. The maximum absolute atomic E-state index is 13.5. The number of likely N-dealkylation sites (tertiary alicyclic amines) is 2. The van der Waals surface area contributed by atoms with Crippen LogP contribution >= 0.6 is 0 Å². The van der Waals surface area contributed by atoms with Gasteiger partial charge in [0.05, 0.1) is 19.0 Å². The van der Waals surface area contributed by atoms with Crippen molar-refractivity contribution in [2.24, 2.45) is 10.7 Å². The zero-order chi connectivity index (χ0) is 26.2. The lowest BCUT2D eigenvalue weighted by molar-refractivity contribution is -0.128. The van der Waals surface area contributed by atoms with Crippen LogP contribution in [0.15, 0.2) is 58.9 Å². The van der Waals surface area contributed by atoms with E-state index in [1.54, 1.807) is 7.11 Å². The number of carbonyl (C=O) groups excluding carboxylic acids is 1. The molecule has 0 spiro atoms. The number of nitrogens with zero attached hydrogens (tertiary/aromatic N) is 3. The highest BCUT2D eigenvalue weighted by Gasteiger charge is 2.31. The fraction of sp³-hybridized carbons (Fsp3) is 0.586. The fourth-order valence-corrected chi connectivity index (χ4v) is 5.81. The first-order valence-electron chi connectivity index (χ1n) is 13.6. The number of hydrogen-bond donors (Lipinski definition) is 2. The molecule has 0 bridgehead atoms. The molecule has 202 valence electrons. The molecule has 3 N–H and O–H groups in total. The van der Waals surface area contributed by atoms with Crippen LogP contribution in [0.5, 0.6) is 0 Å². The van der Waals surface area contributed by atoms with Crippen molar-refractivity contribution in [1.82, 2.24) is 15.1 Å². The Morgan fingerprint density at radius 3 is 2.43 bits per heavy atom. The number of aliphatic imine (C=N–C) groups is 1. The molecule has 0 saturated carbocycles. The van der Waals surface area contributed by atoms with Gasteiger partial charge >= 0.3 is 0 Å². The lowest BCUT2D eigenvalue weighted by Gasteiger charge is -2.38. The maximum Gasteiger partial charge on any atom is 0.272 e. The molecule has 0 aromatic heterocycles. The van der Waals surface area contributed by atoms with Crippen molar-refractivity contribution in [3.05, 3.63) is 59.4 Å². The van der Waals surface area contributed by atoms with Crippen molar-refractivity contribution in [2.45, 2.75) is 63.1 Å². The molecule has 1 aromatic carbocycles. The highest BCUT2D eigenvalue weighted by Crippen LogP contribution is 2.31. The van der Waals surface area contributed by atoms with Gasteiger partial charge in [0, 0.05) is 63.2 Å². The smallest absolute Gasteiger partial charge is 0.272 e. The number of methoxy groups -OCH3 is 1. The van der Waals surface area contributed by atoms with Crippen LogP contribution in [-0.2, 0) is 14.3 Å². The highest BCUT2D eigenvalue weighted by molar-refractivity contribution is 5.95. The number of nitrogens with two attached hydrogens (primary N) is 1. The minimum absolute atomic E-state index is 0.0706. The summed E-state index contributed by atoms with van der Waals surface area (Å²) in [7, 11) is 1.74. The quantitative estimate of drug-likeness (QED) is 0.242. The van der Waals surface area contributed by atoms with Gasteiger partial charge in [-0.3, -0.25) is 4.79 Å². The number of nitrogens with one attached hydrogen (secondary N) is 1. The van der Waals surface area contributed by atoms with Crippen LogP contribution in [-0.4, -0.2) is 86.7 Å². The van der Waals surface area contributed by atoms with Crippen LogP contribution in [0.3, 0.4) is 0 Å². The molecule has 3 aliphatic rings. The Bertz CT molecular complexity index is 963. The summed E-state index contributed by atoms with van der Waals surface area (Å²) in [6.45, 7) is 10.9. The van der Waals surface area contributed by atoms with E-state index < -0.39 is 0 Å². The van der Waals surface area contributed by atoms with E-state index in [1.165, 1.54) is 11.9 Å². The van der Waals surface area contributed by atoms with Crippen LogP contribution in [0.4, 0.5) is 0 Å². The first kappa shape index (κ1) is 27.4. The third-order valence-corrected chi connectivity index (χ3v) is 8.18. The molecule has 0 radical (unpaired) electrons. The Hall–Kier alpha value is -2.68. The van der Waals surface area contributed by atoms with Gasteiger partial charge in [-0.1, -0.05) is 36.9 Å². The number of allylic oxidation sites excluding steroid dienone is 1. The molecule has 0 aliphatic carbocycles. The van der Waals surface area contributed by atoms with E-state index in [9.17, 15) is 4.79 Å². The second-order valence-electron chi connectivity index (χ2n) is 10.3. The molecule has 3 fully saturated rings. The fourth-order valence-electron chi connectivity index (χ4n) is 5.81. The highest BCUT2D eigenvalue weighted by atomic mass is 16.5. The molecule has 8 nitrogen and oxygen atoms in total. The van der Waals surface area contributed by atoms with Gasteiger partial charge < -0.3 is 30.3 Å². The molecule has 4 rings (SSSR count). The number of rotatable bonds is 8. The van der Waals surface area contributed by atoms with Crippen LogP contribution < -0.4 is 11.1 Å². The maximum atomic E-state index is 13.5. The van der Waals surface area contributed by atoms with Crippen LogP contribution in [0.2, 0.25) is 0 Å². The Morgan fingerprint density at radius 1 is 1.11 bits per heavy atom. The van der Waals surface area contributed by atoms with Crippen LogP contribution in [0.25, 0.3) is 0 Å². The summed E-state index contributed by atoms with van der Waals surface area (Å²) >= 11 is 0. The molecule has 8 heteroatoms. The van der Waals surface area contributed by atoms with Gasteiger partial charge in [-0.2, -0.15) is 0 Å². The number of hydrogen-bond acceptors (Lipinski definition) is 6. The number of amides is 1. The second kappa shape index (κ2) is 13.2. The molecule has 37 heavy (non-hydrogen) atoms. The minimum atomic E-state index is -0.0706. The summed E-state index contributed by atoms with van der Waals surface area (Å²) in [4.78, 5) is 22.0. The number of piperidine rings is 2. The number of benzene rings is 1. The van der Waals surface area contributed by atoms with E-state index in [0.29, 0.717) is 43.4 Å². The molecule has 3 aliphatic heterocycles. The minimum Gasteiger partial charge on any atom is -0.390 e. The third-order valence-electron chi connectivity index (χ3n) is 8.18. The largest absolute Gasteiger partial charge is 0.390 e. The Morgan fingerprint density at radius 2 is 1.78 bits per heavy atom. The van der Waals surface area contributed by atoms with Crippen molar-refractivity contribution in [3.8, 4) is 0 Å². The first-order chi connectivity index (χ1) is 18.0. The first-order valence-corrected chi connectivity index (χ1v) is 13.6. The average Bonchev–Trinajstić information content (AvgIpc) is 2.96. The van der Waals surface area contributed by atoms with Gasteiger partial charge in [-0.25, -0.2) is 4.99 Å². The standard InChI is InChI=1S/C29H43N5O3/c1-21(22(2)33-14-9-24(10-15-33)23-7-5-4-6-8-23)28(31-20-30)29(35)34-16-11-25(12-17-34)32-26-13-18-37-19-27(26)36-3/h4-8,20,24-27,32H,2,9-19H2,1,3H3,(H2,30,31)/b28-21-. The lowest BCUT2D eigenvalue weighted by atomic mass is 9.89. The van der Waals surface area contributed by atoms with E-state index in [2.05, 4.69) is 52.1 Å². The van der Waals surface area contributed by atoms with Crippen LogP contribution in [0.1, 0.15) is 50.5 Å². The molecule has 3 saturated heterocycles. The summed E-state index contributed by atoms with van der Waals surface area (Å²) in [6.07, 6.45) is 6.16. The van der Waals surface area contributed by atoms with E-state index in [4.69, 9.17) is 15.2 Å². The zero-order valence-corrected chi connectivity index (χ0v) is 22.4. The van der Waals surface area contributed by atoms with E-state index >= 15 is 0 Å². The summed E-state index contributed by atoms with van der Waals surface area (Å²) in [5, 5.41) is 3.75. The molecule has 2 atom stereocenters. The number of ether oxygens (including phenoxy) is 2. The predicted molar refractivity (Wildman–Crippen MR) is 147 cm³/mol. The molecular weight excluding hydrogens is 466 g/mol. The summed E-state index contributed by atoms with van der Waals surface area (Å²) in [5.74, 6) is 0.492. The molecule has 1 aromatic rings. The average molecular weight is 510 g/mol. The monoisotopic (exact) mass is 509 g/mol. The molecule has 1 amide bonds. The summed E-state index contributed by atoms with van der Waals surface area (Å²) < 4.78 is 11.1. The molecule has 2 unspecified atom stereocenters. The molecule has 3 heterocycles. The van der Waals surface area contributed by atoms with E-state index in [0.717, 1.165) is 63.1 Å². The van der Waals surface area contributed by atoms with Gasteiger partial charge in [0.2, 0.25) is 0 Å². The van der Waals surface area contributed by atoms with Crippen molar-refractivity contribution in [3.63, 3.8) is 0 Å². The van der Waals surface area contributed by atoms with Gasteiger partial charge in [-0.05, 0) is 50.5 Å². The van der Waals surface area contributed by atoms with Gasteiger partial charge in [0.25, 0.3) is 5.91 Å². The second-order valence-corrected chi connectivity index (χ2v) is 10.3. The van der Waals surface area contributed by atoms with Crippen molar-refractivity contribution < 1.29 is 14.3 Å². The van der Waals surface area contributed by atoms with Gasteiger partial charge in [0.1, 0.15) is 5.70 Å². The van der Waals surface area contributed by atoms with E-state index in [-0.39, 0.29) is 12.0 Å². The predicted octanol–water partition coefficient (Wildman–Crippen LogP) is 3.03. The third kappa shape index (κ3) is 6.80. The lowest BCUT2D eigenvalue weighted by Crippen LogP contribution is -2.54.